The Morgan fingerprint density at radius 3 is 3.00 bits per heavy atom. The van der Waals surface area contributed by atoms with E-state index in [0.717, 1.165) is 11.3 Å². The number of carbonyl (C=O) groups excluding carboxylic acids is 1. The van der Waals surface area contributed by atoms with Gasteiger partial charge in [-0.25, -0.2) is 0 Å². The average molecular weight is 260 g/mol. The summed E-state index contributed by atoms with van der Waals surface area (Å²) in [5.41, 5.74) is 0. The van der Waals surface area contributed by atoms with Crippen molar-refractivity contribution in [2.24, 2.45) is 0 Å². The molecule has 92 valence electrons. The fraction of sp³-hybridized carbons (Fsp3) is 0.400. The van der Waals surface area contributed by atoms with Crippen molar-refractivity contribution in [1.29, 1.82) is 5.26 Å². The van der Waals surface area contributed by atoms with Crippen molar-refractivity contribution < 1.29 is 18.3 Å². The van der Waals surface area contributed by atoms with Gasteiger partial charge in [-0.1, -0.05) is 0 Å². The first-order chi connectivity index (χ1) is 8.04. The first kappa shape index (κ1) is 13.4. The standard InChI is InChI=1S/C10H10F2N2O2S/c1-6(2-4-13)14-9(15)8-7(3-5-17-8)16-10(11)12/h3,5-6,10H,2H2,1H3,(H,14,15). The Hall–Kier alpha value is -1.68. The van der Waals surface area contributed by atoms with E-state index < -0.39 is 12.5 Å². The number of nitrogens with one attached hydrogen (secondary N) is 1. The molecule has 1 aromatic heterocycles. The normalized spacial score (nSPS) is 11.9. The van der Waals surface area contributed by atoms with Crippen molar-refractivity contribution in [3.05, 3.63) is 16.3 Å². The Morgan fingerprint density at radius 2 is 2.41 bits per heavy atom. The number of hydrogen-bond donors (Lipinski definition) is 1. The van der Waals surface area contributed by atoms with Gasteiger partial charge >= 0.3 is 6.61 Å². The van der Waals surface area contributed by atoms with Crippen molar-refractivity contribution in [1.82, 2.24) is 5.32 Å². The molecule has 7 heteroatoms. The maximum Gasteiger partial charge on any atom is 0.387 e. The Labute approximate surface area is 101 Å². The third kappa shape index (κ3) is 4.00. The van der Waals surface area contributed by atoms with Crippen LogP contribution in [-0.2, 0) is 0 Å². The summed E-state index contributed by atoms with van der Waals surface area (Å²) in [6.07, 6.45) is 0.155. The summed E-state index contributed by atoms with van der Waals surface area (Å²) in [6, 6.07) is 2.87. The molecule has 1 heterocycles. The Kier molecular flexibility index (Phi) is 4.84. The largest absolute Gasteiger partial charge is 0.433 e. The van der Waals surface area contributed by atoms with Gasteiger partial charge in [0, 0.05) is 6.04 Å². The van der Waals surface area contributed by atoms with Crippen LogP contribution in [0.1, 0.15) is 23.0 Å². The molecular formula is C10H10F2N2O2S. The average Bonchev–Trinajstić information content (AvgIpc) is 2.65. The molecular weight excluding hydrogens is 250 g/mol. The fourth-order valence-corrected chi connectivity index (χ4v) is 1.86. The van der Waals surface area contributed by atoms with Crippen molar-refractivity contribution in [3.8, 4) is 11.8 Å². The molecule has 0 spiro atoms. The van der Waals surface area contributed by atoms with Crippen LogP contribution in [0.15, 0.2) is 11.4 Å². The molecule has 1 rings (SSSR count). The number of halogens is 2. The number of ether oxygens (including phenoxy) is 1. The zero-order valence-corrected chi connectivity index (χ0v) is 9.76. The minimum absolute atomic E-state index is 0.0788. The molecule has 1 unspecified atom stereocenters. The quantitative estimate of drug-likeness (QED) is 0.884. The summed E-state index contributed by atoms with van der Waals surface area (Å²) in [4.78, 5) is 11.7. The maximum atomic E-state index is 12.0. The SMILES string of the molecule is CC(CC#N)NC(=O)c1sccc1OC(F)F. The van der Waals surface area contributed by atoms with E-state index >= 15 is 0 Å². The van der Waals surface area contributed by atoms with E-state index in [-0.39, 0.29) is 23.1 Å². The van der Waals surface area contributed by atoms with E-state index in [0.29, 0.717) is 0 Å². The first-order valence-corrected chi connectivity index (χ1v) is 5.62. The van der Waals surface area contributed by atoms with Gasteiger partial charge in [0.25, 0.3) is 5.91 Å². The van der Waals surface area contributed by atoms with Gasteiger partial charge in [0.2, 0.25) is 0 Å². The van der Waals surface area contributed by atoms with Crippen molar-refractivity contribution in [2.75, 3.05) is 0 Å². The zero-order chi connectivity index (χ0) is 12.8. The lowest BCUT2D eigenvalue weighted by Gasteiger charge is -2.10. The number of nitriles is 1. The predicted molar refractivity (Wildman–Crippen MR) is 58.1 cm³/mol. The minimum Gasteiger partial charge on any atom is -0.433 e. The van der Waals surface area contributed by atoms with Gasteiger partial charge in [0.05, 0.1) is 12.5 Å². The molecule has 0 aliphatic heterocycles. The van der Waals surface area contributed by atoms with Crippen LogP contribution in [0.5, 0.6) is 5.75 Å². The molecule has 0 aliphatic carbocycles. The number of amides is 1. The molecule has 0 saturated carbocycles. The lowest BCUT2D eigenvalue weighted by Crippen LogP contribution is -2.32. The molecule has 1 N–H and O–H groups in total. The summed E-state index contributed by atoms with van der Waals surface area (Å²) >= 11 is 1.01. The summed E-state index contributed by atoms with van der Waals surface area (Å²) in [6.45, 7) is -1.31. The van der Waals surface area contributed by atoms with Crippen LogP contribution >= 0.6 is 11.3 Å². The molecule has 1 atom stereocenters. The van der Waals surface area contributed by atoms with Gasteiger partial charge < -0.3 is 10.1 Å². The summed E-state index contributed by atoms with van der Waals surface area (Å²) in [5.74, 6) is -0.662. The number of thiophene rings is 1. The van der Waals surface area contributed by atoms with Gasteiger partial charge in [-0.05, 0) is 18.4 Å². The molecule has 0 aliphatic rings. The van der Waals surface area contributed by atoms with Crippen LogP contribution in [0.2, 0.25) is 0 Å². The van der Waals surface area contributed by atoms with Crippen LogP contribution in [0.25, 0.3) is 0 Å². The lowest BCUT2D eigenvalue weighted by atomic mass is 10.2. The molecule has 0 aromatic carbocycles. The van der Waals surface area contributed by atoms with Crippen molar-refractivity contribution in [3.63, 3.8) is 0 Å². The molecule has 17 heavy (non-hydrogen) atoms. The molecule has 0 fully saturated rings. The monoisotopic (exact) mass is 260 g/mol. The third-order valence-corrected chi connectivity index (χ3v) is 2.72. The van der Waals surface area contributed by atoms with Gasteiger partial charge in [-0.2, -0.15) is 14.0 Å². The number of nitrogens with zero attached hydrogens (tertiary/aromatic N) is 1. The smallest absolute Gasteiger partial charge is 0.387 e. The Morgan fingerprint density at radius 1 is 1.71 bits per heavy atom. The van der Waals surface area contributed by atoms with E-state index in [9.17, 15) is 13.6 Å². The number of rotatable bonds is 5. The number of alkyl halides is 2. The van der Waals surface area contributed by atoms with Gasteiger partial charge in [0.15, 0.2) is 0 Å². The highest BCUT2D eigenvalue weighted by Gasteiger charge is 2.18. The van der Waals surface area contributed by atoms with E-state index in [1.807, 2.05) is 6.07 Å². The van der Waals surface area contributed by atoms with Crippen LogP contribution < -0.4 is 10.1 Å². The third-order valence-electron chi connectivity index (χ3n) is 1.83. The van der Waals surface area contributed by atoms with Gasteiger partial charge in [-0.15, -0.1) is 11.3 Å². The molecule has 0 radical (unpaired) electrons. The number of carbonyl (C=O) groups is 1. The Balaban J connectivity index is 2.69. The molecule has 1 aromatic rings. The molecule has 0 bridgehead atoms. The minimum atomic E-state index is -2.97. The number of hydrogen-bond acceptors (Lipinski definition) is 4. The first-order valence-electron chi connectivity index (χ1n) is 4.74. The van der Waals surface area contributed by atoms with Crippen LogP contribution in [0.3, 0.4) is 0 Å². The van der Waals surface area contributed by atoms with E-state index in [4.69, 9.17) is 5.26 Å². The van der Waals surface area contributed by atoms with Crippen LogP contribution in [-0.4, -0.2) is 18.6 Å². The summed E-state index contributed by atoms with van der Waals surface area (Å²) in [7, 11) is 0. The lowest BCUT2D eigenvalue weighted by molar-refractivity contribution is -0.0498. The van der Waals surface area contributed by atoms with Crippen LogP contribution in [0.4, 0.5) is 8.78 Å². The van der Waals surface area contributed by atoms with Gasteiger partial charge in [0.1, 0.15) is 10.6 Å². The zero-order valence-electron chi connectivity index (χ0n) is 8.94. The van der Waals surface area contributed by atoms with E-state index in [1.54, 1.807) is 6.92 Å². The topological polar surface area (TPSA) is 62.1 Å². The van der Waals surface area contributed by atoms with Gasteiger partial charge in [-0.3, -0.25) is 4.79 Å². The van der Waals surface area contributed by atoms with E-state index in [1.165, 1.54) is 11.4 Å². The highest BCUT2D eigenvalue weighted by molar-refractivity contribution is 7.12. The highest BCUT2D eigenvalue weighted by Crippen LogP contribution is 2.26. The van der Waals surface area contributed by atoms with Crippen molar-refractivity contribution in [2.45, 2.75) is 26.0 Å². The maximum absolute atomic E-state index is 12.0. The molecule has 0 saturated heterocycles. The Bertz CT molecular complexity index is 428. The predicted octanol–water partition coefficient (Wildman–Crippen LogP) is 2.38. The molecule has 1 amide bonds. The summed E-state index contributed by atoms with van der Waals surface area (Å²) in [5, 5.41) is 12.4. The highest BCUT2D eigenvalue weighted by atomic mass is 32.1. The second kappa shape index (κ2) is 6.15. The fourth-order valence-electron chi connectivity index (χ4n) is 1.13. The van der Waals surface area contributed by atoms with Crippen molar-refractivity contribution >= 4 is 17.2 Å². The second-order valence-corrected chi connectivity index (χ2v) is 4.15. The van der Waals surface area contributed by atoms with Crippen LogP contribution in [0, 0.1) is 11.3 Å². The second-order valence-electron chi connectivity index (χ2n) is 3.23. The molecule has 4 nitrogen and oxygen atoms in total. The summed E-state index contributed by atoms with van der Waals surface area (Å²) < 4.78 is 28.3. The van der Waals surface area contributed by atoms with E-state index in [2.05, 4.69) is 10.1 Å².